The molecule has 0 radical (unpaired) electrons. The molecule has 2 N–H and O–H groups in total. The molecule has 0 aromatic carbocycles. The van der Waals surface area contributed by atoms with E-state index in [0.29, 0.717) is 5.92 Å². The van der Waals surface area contributed by atoms with Crippen LogP contribution in [0.15, 0.2) is 5.10 Å². The molecule has 64 valence electrons. The molecule has 0 rings (SSSR count). The summed E-state index contributed by atoms with van der Waals surface area (Å²) >= 11 is 0. The third-order valence-electron chi connectivity index (χ3n) is 1.21. The molecule has 0 amide bonds. The summed E-state index contributed by atoms with van der Waals surface area (Å²) in [5, 5.41) is 15.7. The van der Waals surface area contributed by atoms with E-state index in [1.807, 2.05) is 27.7 Å². The van der Waals surface area contributed by atoms with E-state index >= 15 is 0 Å². The largest absolute Gasteiger partial charge is 0.431 e. The van der Waals surface area contributed by atoms with E-state index in [9.17, 15) is 5.02 Å². The third-order valence-corrected chi connectivity index (χ3v) is 1.21. The summed E-state index contributed by atoms with van der Waals surface area (Å²) in [4.78, 5) is 0. The van der Waals surface area contributed by atoms with Crippen LogP contribution in [0.5, 0.6) is 0 Å². The highest BCUT2D eigenvalue weighted by Gasteiger charge is 2.14. The molecule has 0 saturated heterocycles. The molecule has 4 heteroatoms. The predicted octanol–water partition coefficient (Wildman–Crippen LogP) is 1.11. The van der Waals surface area contributed by atoms with E-state index in [0.717, 1.165) is 0 Å². The number of hydrogen-bond donors (Lipinski definition) is 2. The molecule has 0 atom stereocenters. The topological polar surface area (TPSA) is 44.6 Å². The summed E-state index contributed by atoms with van der Waals surface area (Å²) in [6.07, 6.45) is 1.77. The quantitative estimate of drug-likeness (QED) is 0.363. The van der Waals surface area contributed by atoms with Gasteiger partial charge in [0.1, 0.15) is 0 Å². The molecule has 0 aliphatic heterocycles. The van der Waals surface area contributed by atoms with Crippen LogP contribution in [0.2, 0.25) is 5.82 Å². The van der Waals surface area contributed by atoms with E-state index in [4.69, 9.17) is 0 Å². The van der Waals surface area contributed by atoms with Crippen molar-refractivity contribution in [1.29, 1.82) is 0 Å². The van der Waals surface area contributed by atoms with Gasteiger partial charge in [-0.2, -0.15) is 0 Å². The first-order valence-electron chi connectivity index (χ1n) is 4.00. The monoisotopic (exact) mass is 156 g/mol. The van der Waals surface area contributed by atoms with Crippen molar-refractivity contribution in [3.63, 3.8) is 0 Å². The minimum absolute atomic E-state index is 0.194. The zero-order chi connectivity index (χ0) is 8.85. The second-order valence-corrected chi connectivity index (χ2v) is 3.34. The van der Waals surface area contributed by atoms with Crippen LogP contribution >= 0.6 is 0 Å². The zero-order valence-corrected chi connectivity index (χ0v) is 7.70. The Labute approximate surface area is 69.0 Å². The van der Waals surface area contributed by atoms with Crippen LogP contribution < -0.4 is 5.34 Å². The summed E-state index contributed by atoms with van der Waals surface area (Å²) in [5.74, 6) is 0.612. The van der Waals surface area contributed by atoms with Crippen molar-refractivity contribution >= 4 is 13.3 Å². The van der Waals surface area contributed by atoms with Crippen molar-refractivity contribution in [3.8, 4) is 0 Å². The normalized spacial score (nSPS) is 11.5. The number of nitrogens with zero attached hydrogens (tertiary/aromatic N) is 1. The van der Waals surface area contributed by atoms with Crippen molar-refractivity contribution in [2.45, 2.75) is 33.5 Å². The predicted molar refractivity (Wildman–Crippen MR) is 49.5 cm³/mol. The SMILES string of the molecule is CC(C)/C=N\NB(O)C(C)C. The average molecular weight is 156 g/mol. The molecule has 0 saturated carbocycles. The first-order valence-corrected chi connectivity index (χ1v) is 4.00. The van der Waals surface area contributed by atoms with E-state index in [2.05, 4.69) is 10.4 Å². The molecule has 0 spiro atoms. The summed E-state index contributed by atoms with van der Waals surface area (Å²) < 4.78 is 0. The second-order valence-electron chi connectivity index (χ2n) is 3.34. The van der Waals surface area contributed by atoms with Crippen LogP contribution in [-0.2, 0) is 0 Å². The molecular weight excluding hydrogens is 139 g/mol. The molecule has 0 unspecified atom stereocenters. The lowest BCUT2D eigenvalue weighted by Crippen LogP contribution is -2.32. The maximum Gasteiger partial charge on any atom is 0.429 e. The smallest absolute Gasteiger partial charge is 0.429 e. The van der Waals surface area contributed by atoms with Gasteiger partial charge in [0.2, 0.25) is 0 Å². The molecule has 3 nitrogen and oxygen atoms in total. The lowest BCUT2D eigenvalue weighted by Gasteiger charge is -2.07. The number of hydrogen-bond acceptors (Lipinski definition) is 3. The van der Waals surface area contributed by atoms with E-state index < -0.39 is 7.05 Å². The zero-order valence-electron chi connectivity index (χ0n) is 7.70. The maximum absolute atomic E-state index is 9.21. The molecule has 0 aromatic heterocycles. The Morgan fingerprint density at radius 1 is 1.36 bits per heavy atom. The van der Waals surface area contributed by atoms with E-state index in [1.165, 1.54) is 0 Å². The number of rotatable bonds is 4. The van der Waals surface area contributed by atoms with Crippen molar-refractivity contribution in [2.24, 2.45) is 11.0 Å². The van der Waals surface area contributed by atoms with Gasteiger partial charge in [-0.1, -0.05) is 27.7 Å². The van der Waals surface area contributed by atoms with Crippen molar-refractivity contribution in [1.82, 2.24) is 5.34 Å². The standard InChI is InChI=1S/C7H17BN2O/c1-6(2)5-9-10-8(11)7(3)4/h5-7,10-11H,1-4H3/b9-5-. The fourth-order valence-electron chi connectivity index (χ4n) is 0.418. The van der Waals surface area contributed by atoms with Crippen LogP contribution in [0.25, 0.3) is 0 Å². The van der Waals surface area contributed by atoms with Crippen molar-refractivity contribution < 1.29 is 5.02 Å². The Balaban J connectivity index is 3.53. The number of hydrazone groups is 1. The highest BCUT2D eigenvalue weighted by molar-refractivity contribution is 6.48. The van der Waals surface area contributed by atoms with E-state index in [-0.39, 0.29) is 5.82 Å². The van der Waals surface area contributed by atoms with Crippen molar-refractivity contribution in [2.75, 3.05) is 0 Å². The lowest BCUT2D eigenvalue weighted by molar-refractivity contribution is 0.532. The van der Waals surface area contributed by atoms with Crippen LogP contribution in [0.1, 0.15) is 27.7 Å². The van der Waals surface area contributed by atoms with Gasteiger partial charge in [0.05, 0.1) is 0 Å². The first-order chi connectivity index (χ1) is 5.04. The molecular formula is C7H17BN2O. The summed E-state index contributed by atoms with van der Waals surface area (Å²) in [6, 6.07) is 0. The van der Waals surface area contributed by atoms with Gasteiger partial charge >= 0.3 is 7.05 Å². The Morgan fingerprint density at radius 3 is 2.27 bits per heavy atom. The van der Waals surface area contributed by atoms with Gasteiger partial charge in [-0.25, -0.2) is 5.10 Å². The minimum Gasteiger partial charge on any atom is -0.431 e. The van der Waals surface area contributed by atoms with Gasteiger partial charge in [0.25, 0.3) is 0 Å². The van der Waals surface area contributed by atoms with Crippen LogP contribution in [0.3, 0.4) is 0 Å². The highest BCUT2D eigenvalue weighted by Crippen LogP contribution is 2.00. The fraction of sp³-hybridized carbons (Fsp3) is 0.857. The summed E-state index contributed by atoms with van der Waals surface area (Å²) in [7, 11) is -0.537. The minimum atomic E-state index is -0.537. The van der Waals surface area contributed by atoms with Crippen LogP contribution in [0, 0.1) is 5.92 Å². The van der Waals surface area contributed by atoms with Gasteiger partial charge < -0.3 is 10.4 Å². The van der Waals surface area contributed by atoms with Gasteiger partial charge in [0, 0.05) is 6.21 Å². The second kappa shape index (κ2) is 5.19. The lowest BCUT2D eigenvalue weighted by atomic mass is 9.71. The van der Waals surface area contributed by atoms with Gasteiger partial charge in [-0.05, 0) is 11.7 Å². The van der Waals surface area contributed by atoms with Crippen LogP contribution in [-0.4, -0.2) is 18.3 Å². The molecule has 0 bridgehead atoms. The van der Waals surface area contributed by atoms with Gasteiger partial charge in [-0.15, -0.1) is 0 Å². The summed E-state index contributed by atoms with van der Waals surface area (Å²) in [6.45, 7) is 7.94. The Kier molecular flexibility index (Phi) is 4.95. The van der Waals surface area contributed by atoms with Crippen molar-refractivity contribution in [3.05, 3.63) is 0 Å². The Morgan fingerprint density at radius 2 is 1.91 bits per heavy atom. The van der Waals surface area contributed by atoms with Crippen LogP contribution in [0.4, 0.5) is 0 Å². The Bertz CT molecular complexity index is 126. The summed E-state index contributed by atoms with van der Waals surface area (Å²) in [5.41, 5.74) is 0. The first kappa shape index (κ1) is 10.5. The average Bonchev–Trinajstić information content (AvgIpc) is 1.86. The van der Waals surface area contributed by atoms with Gasteiger partial charge in [0.15, 0.2) is 0 Å². The number of nitrogens with one attached hydrogen (secondary N) is 1. The molecule has 0 fully saturated rings. The highest BCUT2D eigenvalue weighted by atomic mass is 16.2. The molecule has 0 aliphatic rings. The van der Waals surface area contributed by atoms with Gasteiger partial charge in [-0.3, -0.25) is 0 Å². The molecule has 0 heterocycles. The third kappa shape index (κ3) is 5.92. The fourth-order valence-corrected chi connectivity index (χ4v) is 0.418. The maximum atomic E-state index is 9.21. The van der Waals surface area contributed by atoms with E-state index in [1.54, 1.807) is 6.21 Å². The molecule has 0 aliphatic carbocycles. The molecule has 11 heavy (non-hydrogen) atoms. The Hall–Kier alpha value is -0.505. The molecule has 0 aromatic rings.